The Morgan fingerprint density at radius 1 is 1.21 bits per heavy atom. The number of piperidine rings is 1. The highest BCUT2D eigenvalue weighted by atomic mass is 16.2. The summed E-state index contributed by atoms with van der Waals surface area (Å²) in [5, 5.41) is 2.98. The van der Waals surface area contributed by atoms with E-state index in [4.69, 9.17) is 0 Å². The van der Waals surface area contributed by atoms with Crippen LogP contribution in [0.1, 0.15) is 18.4 Å². The minimum Gasteiger partial charge on any atom is -0.352 e. The van der Waals surface area contributed by atoms with Crippen LogP contribution in [-0.2, 0) is 18.4 Å². The van der Waals surface area contributed by atoms with Crippen LogP contribution in [0.15, 0.2) is 47.7 Å². The summed E-state index contributed by atoms with van der Waals surface area (Å²) in [7, 11) is 1.71. The van der Waals surface area contributed by atoms with Crippen molar-refractivity contribution in [1.82, 2.24) is 24.8 Å². The SMILES string of the molecule is Cn1c(=O)c(N2CCC(C(=O)NCc3cccnc3)CC2)nc2cccnc21. The van der Waals surface area contributed by atoms with Gasteiger partial charge in [-0.1, -0.05) is 6.07 Å². The minimum absolute atomic E-state index is 0.0482. The number of fused-ring (bicyclic) bond motifs is 1. The van der Waals surface area contributed by atoms with E-state index in [1.807, 2.05) is 29.2 Å². The summed E-state index contributed by atoms with van der Waals surface area (Å²) in [5.41, 5.74) is 2.08. The summed E-state index contributed by atoms with van der Waals surface area (Å²) < 4.78 is 1.53. The molecule has 8 heteroatoms. The summed E-state index contributed by atoms with van der Waals surface area (Å²) in [6, 6.07) is 7.45. The van der Waals surface area contributed by atoms with Crippen molar-refractivity contribution < 1.29 is 4.79 Å². The van der Waals surface area contributed by atoms with Crippen molar-refractivity contribution in [3.8, 4) is 0 Å². The molecular formula is C20H22N6O2. The normalized spacial score (nSPS) is 15.0. The summed E-state index contributed by atoms with van der Waals surface area (Å²) in [6.45, 7) is 1.73. The van der Waals surface area contributed by atoms with E-state index in [1.165, 1.54) is 4.57 Å². The summed E-state index contributed by atoms with van der Waals surface area (Å²) in [6.07, 6.45) is 6.49. The van der Waals surface area contributed by atoms with Crippen LogP contribution in [0.2, 0.25) is 0 Å². The molecule has 0 radical (unpaired) electrons. The van der Waals surface area contributed by atoms with E-state index in [0.29, 0.717) is 49.5 Å². The number of hydrogen-bond acceptors (Lipinski definition) is 6. The fraction of sp³-hybridized carbons (Fsp3) is 0.350. The number of pyridine rings is 2. The van der Waals surface area contributed by atoms with E-state index in [-0.39, 0.29) is 17.4 Å². The lowest BCUT2D eigenvalue weighted by Crippen LogP contribution is -2.43. The highest BCUT2D eigenvalue weighted by molar-refractivity contribution is 5.79. The molecule has 1 saturated heterocycles. The number of carbonyl (C=O) groups excluding carboxylic acids is 1. The highest BCUT2D eigenvalue weighted by Crippen LogP contribution is 2.21. The maximum atomic E-state index is 12.7. The summed E-state index contributed by atoms with van der Waals surface area (Å²) >= 11 is 0. The first-order chi connectivity index (χ1) is 13.6. The van der Waals surface area contributed by atoms with Crippen LogP contribution >= 0.6 is 0 Å². The molecule has 1 amide bonds. The molecule has 1 aliphatic heterocycles. The third-order valence-electron chi connectivity index (χ3n) is 5.16. The minimum atomic E-state index is -0.161. The monoisotopic (exact) mass is 378 g/mol. The van der Waals surface area contributed by atoms with E-state index >= 15 is 0 Å². The number of nitrogens with zero attached hydrogens (tertiary/aromatic N) is 5. The third-order valence-corrected chi connectivity index (χ3v) is 5.16. The van der Waals surface area contributed by atoms with Gasteiger partial charge in [0.2, 0.25) is 5.91 Å². The van der Waals surface area contributed by atoms with Gasteiger partial charge in [-0.25, -0.2) is 9.97 Å². The van der Waals surface area contributed by atoms with Crippen molar-refractivity contribution in [3.63, 3.8) is 0 Å². The average molecular weight is 378 g/mol. The van der Waals surface area contributed by atoms with Crippen molar-refractivity contribution in [1.29, 1.82) is 0 Å². The molecule has 0 bridgehead atoms. The van der Waals surface area contributed by atoms with Gasteiger partial charge in [0.25, 0.3) is 5.56 Å². The number of rotatable bonds is 4. The number of aromatic nitrogens is 4. The predicted molar refractivity (Wildman–Crippen MR) is 106 cm³/mol. The molecule has 1 aliphatic rings. The molecular weight excluding hydrogens is 356 g/mol. The van der Waals surface area contributed by atoms with Crippen molar-refractivity contribution >= 4 is 22.9 Å². The lowest BCUT2D eigenvalue weighted by molar-refractivity contribution is -0.125. The smallest absolute Gasteiger partial charge is 0.294 e. The summed E-state index contributed by atoms with van der Waals surface area (Å²) in [4.78, 5) is 39.9. The van der Waals surface area contributed by atoms with Gasteiger partial charge in [0.05, 0.1) is 0 Å². The van der Waals surface area contributed by atoms with Gasteiger partial charge < -0.3 is 10.2 Å². The predicted octanol–water partition coefficient (Wildman–Crippen LogP) is 1.26. The van der Waals surface area contributed by atoms with Crippen molar-refractivity contribution in [2.24, 2.45) is 13.0 Å². The van der Waals surface area contributed by atoms with Crippen LogP contribution in [-0.4, -0.2) is 38.5 Å². The Kier molecular flexibility index (Phi) is 5.01. The molecule has 3 aromatic heterocycles. The van der Waals surface area contributed by atoms with Crippen LogP contribution in [0.4, 0.5) is 5.82 Å². The van der Waals surface area contributed by atoms with Gasteiger partial charge in [-0.05, 0) is 36.6 Å². The van der Waals surface area contributed by atoms with Crippen LogP contribution in [0, 0.1) is 5.92 Å². The van der Waals surface area contributed by atoms with Crippen molar-refractivity contribution in [2.75, 3.05) is 18.0 Å². The molecule has 0 unspecified atom stereocenters. The second-order valence-electron chi connectivity index (χ2n) is 6.99. The van der Waals surface area contributed by atoms with E-state index in [1.54, 1.807) is 25.6 Å². The molecule has 0 saturated carbocycles. The maximum Gasteiger partial charge on any atom is 0.294 e. The number of anilines is 1. The van der Waals surface area contributed by atoms with Gasteiger partial charge in [0, 0.05) is 51.2 Å². The number of aryl methyl sites for hydroxylation is 1. The first kappa shape index (κ1) is 18.1. The van der Waals surface area contributed by atoms with E-state index in [2.05, 4.69) is 20.3 Å². The summed E-state index contributed by atoms with van der Waals surface area (Å²) in [5.74, 6) is 0.420. The Hall–Kier alpha value is -3.29. The van der Waals surface area contributed by atoms with E-state index in [9.17, 15) is 9.59 Å². The topological polar surface area (TPSA) is 93.0 Å². The zero-order chi connectivity index (χ0) is 19.5. The molecule has 4 heterocycles. The molecule has 0 spiro atoms. The molecule has 8 nitrogen and oxygen atoms in total. The zero-order valence-corrected chi connectivity index (χ0v) is 15.7. The molecule has 28 heavy (non-hydrogen) atoms. The molecule has 4 rings (SSSR count). The first-order valence-corrected chi connectivity index (χ1v) is 9.37. The second-order valence-corrected chi connectivity index (χ2v) is 6.99. The van der Waals surface area contributed by atoms with Gasteiger partial charge >= 0.3 is 0 Å². The lowest BCUT2D eigenvalue weighted by Gasteiger charge is -2.31. The fourth-order valence-corrected chi connectivity index (χ4v) is 3.54. The molecule has 144 valence electrons. The fourth-order valence-electron chi connectivity index (χ4n) is 3.54. The van der Waals surface area contributed by atoms with Crippen LogP contribution in [0.25, 0.3) is 11.2 Å². The standard InChI is InChI=1S/C20H22N6O2/c1-25-17-16(5-3-9-22-17)24-18(20(25)28)26-10-6-15(7-11-26)19(27)23-13-14-4-2-8-21-12-14/h2-5,8-9,12,15H,6-7,10-11,13H2,1H3,(H,23,27). The molecule has 0 aromatic carbocycles. The van der Waals surface area contributed by atoms with Gasteiger partial charge in [-0.3, -0.25) is 19.1 Å². The molecule has 3 aromatic rings. The highest BCUT2D eigenvalue weighted by Gasteiger charge is 2.27. The number of amides is 1. The van der Waals surface area contributed by atoms with E-state index < -0.39 is 0 Å². The number of nitrogens with one attached hydrogen (secondary N) is 1. The third kappa shape index (κ3) is 3.58. The molecule has 0 aliphatic carbocycles. The van der Waals surface area contributed by atoms with Crippen molar-refractivity contribution in [2.45, 2.75) is 19.4 Å². The van der Waals surface area contributed by atoms with Gasteiger partial charge in [-0.2, -0.15) is 0 Å². The Morgan fingerprint density at radius 3 is 2.75 bits per heavy atom. The van der Waals surface area contributed by atoms with Gasteiger partial charge in [-0.15, -0.1) is 0 Å². The number of carbonyl (C=O) groups is 1. The van der Waals surface area contributed by atoms with Crippen molar-refractivity contribution in [3.05, 3.63) is 58.8 Å². The van der Waals surface area contributed by atoms with Crippen LogP contribution in [0.5, 0.6) is 0 Å². The molecule has 1 N–H and O–H groups in total. The maximum absolute atomic E-state index is 12.7. The van der Waals surface area contributed by atoms with Gasteiger partial charge in [0.15, 0.2) is 11.5 Å². The Morgan fingerprint density at radius 2 is 2.00 bits per heavy atom. The lowest BCUT2D eigenvalue weighted by atomic mass is 9.96. The Bertz CT molecular complexity index is 1040. The Balaban J connectivity index is 1.41. The molecule has 0 atom stereocenters. The number of hydrogen-bond donors (Lipinski definition) is 1. The van der Waals surface area contributed by atoms with Crippen LogP contribution in [0.3, 0.4) is 0 Å². The largest absolute Gasteiger partial charge is 0.352 e. The molecule has 1 fully saturated rings. The first-order valence-electron chi connectivity index (χ1n) is 9.37. The quantitative estimate of drug-likeness (QED) is 0.735. The van der Waals surface area contributed by atoms with E-state index in [0.717, 1.165) is 5.56 Å². The zero-order valence-electron chi connectivity index (χ0n) is 15.7. The van der Waals surface area contributed by atoms with Gasteiger partial charge in [0.1, 0.15) is 5.52 Å². The second kappa shape index (κ2) is 7.75. The van der Waals surface area contributed by atoms with Crippen LogP contribution < -0.4 is 15.8 Å². The average Bonchev–Trinajstić information content (AvgIpc) is 2.75. The Labute approximate surface area is 162 Å².